The molecule has 0 atom stereocenters. The summed E-state index contributed by atoms with van der Waals surface area (Å²) in [5, 5.41) is 11.7. The van der Waals surface area contributed by atoms with Crippen molar-refractivity contribution in [3.05, 3.63) is 54.8 Å². The fourth-order valence-electron chi connectivity index (χ4n) is 1.80. The molecule has 0 amide bonds. The summed E-state index contributed by atoms with van der Waals surface area (Å²) in [7, 11) is -3.82. The third kappa shape index (κ3) is 5.34. The van der Waals surface area contributed by atoms with Gasteiger partial charge in [-0.05, 0) is 56.1 Å². The molecule has 2 aromatic rings. The van der Waals surface area contributed by atoms with E-state index in [1.54, 1.807) is 6.08 Å². The van der Waals surface area contributed by atoms with Crippen LogP contribution in [0.4, 0.5) is 0 Å². The van der Waals surface area contributed by atoms with Crippen molar-refractivity contribution in [2.75, 3.05) is 6.61 Å². The zero-order valence-corrected chi connectivity index (χ0v) is 22.0. The van der Waals surface area contributed by atoms with Crippen molar-refractivity contribution in [2.24, 2.45) is 0 Å². The molecule has 0 fully saturated rings. The molecule has 0 spiro atoms. The number of ether oxygens (including phenoxy) is 1. The Morgan fingerprint density at radius 1 is 0.960 bits per heavy atom. The first-order chi connectivity index (χ1) is 11.2. The quantitative estimate of drug-likeness (QED) is 0.377. The molecule has 2 aromatic carbocycles. The Morgan fingerprint density at radius 3 is 1.76 bits per heavy atom. The number of halogens is 4. The third-order valence-corrected chi connectivity index (χ3v) is 6.98. The van der Waals surface area contributed by atoms with Crippen LogP contribution >= 0.6 is 63.7 Å². The maximum atomic E-state index is 12.8. The van der Waals surface area contributed by atoms with Crippen molar-refractivity contribution < 1.29 is 47.8 Å². The van der Waals surface area contributed by atoms with Crippen molar-refractivity contribution in [2.45, 2.75) is 9.79 Å². The summed E-state index contributed by atoms with van der Waals surface area (Å²) >= 11 is 12.8. The molecule has 128 valence electrons. The first-order valence-electron chi connectivity index (χ1n) is 6.32. The van der Waals surface area contributed by atoms with Crippen LogP contribution in [0.2, 0.25) is 0 Å². The van der Waals surface area contributed by atoms with Gasteiger partial charge in [-0.1, -0.05) is 50.3 Å². The maximum absolute atomic E-state index is 12.8. The molecule has 0 unspecified atom stereocenters. The van der Waals surface area contributed by atoms with Crippen molar-refractivity contribution in [1.82, 2.24) is 0 Å². The summed E-state index contributed by atoms with van der Waals surface area (Å²) in [6.45, 7) is 3.86. The first-order valence-corrected chi connectivity index (χ1v) is 11.0. The Hall–Kier alpha value is 0.650. The second kappa shape index (κ2) is 9.73. The van der Waals surface area contributed by atoms with Crippen LogP contribution < -0.4 is 39.4 Å². The van der Waals surface area contributed by atoms with Crippen molar-refractivity contribution in [1.29, 1.82) is 0 Å². The van der Waals surface area contributed by atoms with E-state index in [0.29, 0.717) is 14.7 Å². The van der Waals surface area contributed by atoms with Crippen LogP contribution in [0.15, 0.2) is 64.6 Å². The molecule has 2 rings (SSSR count). The van der Waals surface area contributed by atoms with Crippen molar-refractivity contribution >= 4 is 73.6 Å². The molecule has 0 saturated heterocycles. The molecule has 10 heteroatoms. The second-order valence-electron chi connectivity index (χ2n) is 4.54. The SMILES string of the molecule is C=CCOc1c(Br)cc(S(=O)(=O)c2cc(Br)c([O-])c(Br)c2)cc1Br.[Na+]. The van der Waals surface area contributed by atoms with E-state index < -0.39 is 9.84 Å². The number of hydrogen-bond donors (Lipinski definition) is 0. The summed E-state index contributed by atoms with van der Waals surface area (Å²) in [5.74, 6) is 0.163. The second-order valence-corrected chi connectivity index (χ2v) is 9.90. The normalized spacial score (nSPS) is 10.9. The van der Waals surface area contributed by atoms with E-state index in [4.69, 9.17) is 4.74 Å². The predicted octanol–water partition coefficient (Wildman–Crippen LogP) is 2.21. The van der Waals surface area contributed by atoms with Crippen LogP contribution in [0.5, 0.6) is 11.5 Å². The van der Waals surface area contributed by atoms with Crippen LogP contribution in [0, 0.1) is 0 Å². The van der Waals surface area contributed by atoms with E-state index in [1.807, 2.05) is 0 Å². The van der Waals surface area contributed by atoms with Gasteiger partial charge in [0.05, 0.1) is 18.7 Å². The average molecular weight is 628 g/mol. The summed E-state index contributed by atoms with van der Waals surface area (Å²) in [4.78, 5) is 0.0593. The summed E-state index contributed by atoms with van der Waals surface area (Å²) < 4.78 is 32.5. The van der Waals surface area contributed by atoms with E-state index >= 15 is 0 Å². The molecule has 0 saturated carbocycles. The molecule has 4 nitrogen and oxygen atoms in total. The Morgan fingerprint density at radius 2 is 1.36 bits per heavy atom. The molecule has 0 aliphatic heterocycles. The fraction of sp³-hybridized carbons (Fsp3) is 0.0667. The molecule has 0 bridgehead atoms. The van der Waals surface area contributed by atoms with Gasteiger partial charge < -0.3 is 9.84 Å². The van der Waals surface area contributed by atoms with Gasteiger partial charge in [0.25, 0.3) is 0 Å². The average Bonchev–Trinajstić information content (AvgIpc) is 2.51. The maximum Gasteiger partial charge on any atom is 1.00 e. The standard InChI is InChI=1S/C15H10Br4O4S.Na/c1-2-3-23-15-12(18)6-9(7-13(15)19)24(21,22)8-4-10(16)14(20)11(17)5-8;/h2,4-7,20H,1,3H2;/q;+1/p-1. The Balaban J connectivity index is 0.00000312. The van der Waals surface area contributed by atoms with Gasteiger partial charge in [0.1, 0.15) is 12.4 Å². The van der Waals surface area contributed by atoms with Gasteiger partial charge in [0, 0.05) is 8.95 Å². The molecule has 0 aliphatic carbocycles. The Labute approximate surface area is 201 Å². The molecular formula is C15H9Br4NaO4S. The molecule has 0 heterocycles. The number of sulfone groups is 1. The van der Waals surface area contributed by atoms with E-state index in [9.17, 15) is 13.5 Å². The van der Waals surface area contributed by atoms with Crippen molar-refractivity contribution in [3.8, 4) is 11.5 Å². The smallest absolute Gasteiger partial charge is 0.871 e. The first kappa shape index (κ1) is 23.7. The molecule has 0 radical (unpaired) electrons. The van der Waals surface area contributed by atoms with Crippen LogP contribution in [0.25, 0.3) is 0 Å². The van der Waals surface area contributed by atoms with E-state index in [-0.39, 0.29) is 60.7 Å². The third-order valence-electron chi connectivity index (χ3n) is 2.91. The summed E-state index contributed by atoms with van der Waals surface area (Å²) in [6.07, 6.45) is 1.59. The van der Waals surface area contributed by atoms with E-state index in [0.717, 1.165) is 0 Å². The minimum absolute atomic E-state index is 0. The van der Waals surface area contributed by atoms with Gasteiger partial charge in [-0.25, -0.2) is 8.42 Å². The minimum atomic E-state index is -3.82. The monoisotopic (exact) mass is 624 g/mol. The molecule has 0 aliphatic rings. The topological polar surface area (TPSA) is 66.4 Å². The van der Waals surface area contributed by atoms with E-state index in [2.05, 4.69) is 70.3 Å². The number of rotatable bonds is 5. The van der Waals surface area contributed by atoms with Gasteiger partial charge in [-0.15, -0.1) is 0 Å². The van der Waals surface area contributed by atoms with Gasteiger partial charge in [-0.3, -0.25) is 0 Å². The summed E-state index contributed by atoms with van der Waals surface area (Å²) in [5.41, 5.74) is 0. The molecule has 0 aromatic heterocycles. The largest absolute Gasteiger partial charge is 1.00 e. The van der Waals surface area contributed by atoms with Crippen LogP contribution in [-0.2, 0) is 9.84 Å². The van der Waals surface area contributed by atoms with Crippen LogP contribution in [0.3, 0.4) is 0 Å². The predicted molar refractivity (Wildman–Crippen MR) is 104 cm³/mol. The van der Waals surface area contributed by atoms with E-state index in [1.165, 1.54) is 24.3 Å². The van der Waals surface area contributed by atoms with Crippen molar-refractivity contribution in [3.63, 3.8) is 0 Å². The van der Waals surface area contributed by atoms with Gasteiger partial charge in [0.2, 0.25) is 9.84 Å². The number of benzene rings is 2. The molecular weight excluding hydrogens is 619 g/mol. The molecule has 0 N–H and O–H groups in total. The van der Waals surface area contributed by atoms with Crippen LogP contribution in [0.1, 0.15) is 0 Å². The minimum Gasteiger partial charge on any atom is -0.871 e. The fourth-order valence-corrected chi connectivity index (χ4v) is 6.37. The van der Waals surface area contributed by atoms with Gasteiger partial charge in [0.15, 0.2) is 0 Å². The molecule has 25 heavy (non-hydrogen) atoms. The zero-order chi connectivity index (χ0) is 18.1. The Bertz CT molecular complexity index is 870. The van der Waals surface area contributed by atoms with Gasteiger partial charge in [-0.2, -0.15) is 0 Å². The number of hydrogen-bond acceptors (Lipinski definition) is 4. The summed E-state index contributed by atoms with van der Waals surface area (Å²) in [6, 6.07) is 5.47. The zero-order valence-electron chi connectivity index (χ0n) is 12.9. The van der Waals surface area contributed by atoms with Crippen LogP contribution in [-0.4, -0.2) is 15.0 Å². The Kier molecular flexibility index (Phi) is 9.22. The van der Waals surface area contributed by atoms with Gasteiger partial charge >= 0.3 is 29.6 Å².